The molecular weight excluding hydrogens is 360 g/mol. The molecule has 0 heterocycles. The predicted octanol–water partition coefficient (Wildman–Crippen LogP) is 2.93. The minimum atomic E-state index is -0.241. The molecule has 0 aromatic heterocycles. The number of carbonyl (C=O) groups is 2. The summed E-state index contributed by atoms with van der Waals surface area (Å²) in [6.45, 7) is 0.865. The van der Waals surface area contributed by atoms with Crippen molar-refractivity contribution < 1.29 is 14.3 Å². The first kappa shape index (κ1) is 17.9. The molecule has 1 N–H and O–H groups in total. The number of esters is 1. The van der Waals surface area contributed by atoms with Gasteiger partial charge >= 0.3 is 5.97 Å². The van der Waals surface area contributed by atoms with Crippen molar-refractivity contribution in [1.82, 2.24) is 4.90 Å². The molecule has 0 saturated carbocycles. The Kier molecular flexibility index (Phi) is 7.71. The molecule has 0 spiro atoms. The Morgan fingerprint density at radius 2 is 2.14 bits per heavy atom. The molecule has 0 aliphatic rings. The minimum absolute atomic E-state index is 0.153. The highest BCUT2D eigenvalue weighted by Gasteiger charge is 2.10. The van der Waals surface area contributed by atoms with Crippen LogP contribution in [0.5, 0.6) is 0 Å². The quantitative estimate of drug-likeness (QED) is 0.742. The largest absolute Gasteiger partial charge is 0.469 e. The molecule has 1 rings (SSSR count). The summed E-state index contributed by atoms with van der Waals surface area (Å²) in [7, 11) is 3.18. The summed E-state index contributed by atoms with van der Waals surface area (Å²) >= 11 is 9.34. The number of amides is 1. The van der Waals surface area contributed by atoms with Crippen LogP contribution >= 0.6 is 27.5 Å². The summed E-state index contributed by atoms with van der Waals surface area (Å²) in [5, 5.41) is 3.23. The number of likely N-dealkylation sites (N-methyl/N-ethyl adjacent to an activating group) is 1. The van der Waals surface area contributed by atoms with Gasteiger partial charge in [0.15, 0.2) is 0 Å². The number of anilines is 1. The van der Waals surface area contributed by atoms with E-state index < -0.39 is 0 Å². The van der Waals surface area contributed by atoms with Crippen LogP contribution in [0.2, 0.25) is 5.02 Å². The molecule has 1 amide bonds. The van der Waals surface area contributed by atoms with Crippen LogP contribution in [-0.2, 0) is 14.3 Å². The number of carbonyl (C=O) groups excluding carboxylic acids is 2. The normalized spacial score (nSPS) is 10.5. The van der Waals surface area contributed by atoms with Gasteiger partial charge in [0.05, 0.1) is 24.4 Å². The molecule has 0 radical (unpaired) electrons. The highest BCUT2D eigenvalue weighted by atomic mass is 79.9. The molecule has 0 atom stereocenters. The fourth-order valence-electron chi connectivity index (χ4n) is 1.70. The third-order valence-corrected chi connectivity index (χ3v) is 3.57. The average Bonchev–Trinajstić information content (AvgIpc) is 2.41. The summed E-state index contributed by atoms with van der Waals surface area (Å²) in [4.78, 5) is 24.7. The van der Waals surface area contributed by atoms with Gasteiger partial charge in [0, 0.05) is 10.9 Å². The lowest BCUT2D eigenvalue weighted by Gasteiger charge is -2.16. The third-order valence-electron chi connectivity index (χ3n) is 2.77. The van der Waals surface area contributed by atoms with E-state index in [9.17, 15) is 9.59 Å². The van der Waals surface area contributed by atoms with Crippen molar-refractivity contribution in [3.05, 3.63) is 27.7 Å². The lowest BCUT2D eigenvalue weighted by Crippen LogP contribution is -2.31. The maximum Gasteiger partial charge on any atom is 0.305 e. The summed E-state index contributed by atoms with van der Waals surface area (Å²) < 4.78 is 5.41. The van der Waals surface area contributed by atoms with Gasteiger partial charge in [0.25, 0.3) is 0 Å². The molecular formula is C14H18BrClN2O3. The van der Waals surface area contributed by atoms with Gasteiger partial charge in [-0.1, -0.05) is 27.5 Å². The van der Waals surface area contributed by atoms with Crippen molar-refractivity contribution in [3.8, 4) is 0 Å². The van der Waals surface area contributed by atoms with Crippen molar-refractivity contribution >= 4 is 45.1 Å². The van der Waals surface area contributed by atoms with Crippen molar-refractivity contribution in [1.29, 1.82) is 0 Å². The van der Waals surface area contributed by atoms with Gasteiger partial charge in [-0.25, -0.2) is 0 Å². The van der Waals surface area contributed by atoms with Crippen LogP contribution in [0.25, 0.3) is 0 Å². The zero-order valence-electron chi connectivity index (χ0n) is 12.0. The smallest absolute Gasteiger partial charge is 0.305 e. The molecule has 1 aromatic carbocycles. The Labute approximate surface area is 137 Å². The van der Waals surface area contributed by atoms with E-state index in [1.165, 1.54) is 7.11 Å². The second kappa shape index (κ2) is 9.02. The molecule has 1 aromatic rings. The number of ether oxygens (including phenoxy) is 1. The van der Waals surface area contributed by atoms with E-state index in [0.29, 0.717) is 30.1 Å². The monoisotopic (exact) mass is 376 g/mol. The zero-order valence-corrected chi connectivity index (χ0v) is 14.3. The van der Waals surface area contributed by atoms with Gasteiger partial charge in [-0.05, 0) is 38.2 Å². The summed E-state index contributed by atoms with van der Waals surface area (Å²) in [5.74, 6) is -0.394. The van der Waals surface area contributed by atoms with Crippen LogP contribution in [0, 0.1) is 0 Å². The molecule has 7 heteroatoms. The number of nitrogens with one attached hydrogen (secondary N) is 1. The van der Waals surface area contributed by atoms with Crippen molar-refractivity contribution in [2.24, 2.45) is 0 Å². The predicted molar refractivity (Wildman–Crippen MR) is 86.5 cm³/mol. The average molecular weight is 378 g/mol. The maximum absolute atomic E-state index is 11.9. The number of methoxy groups -OCH3 is 1. The van der Waals surface area contributed by atoms with Crippen molar-refractivity contribution in [3.63, 3.8) is 0 Å². The fourth-order valence-corrected chi connectivity index (χ4v) is 2.42. The van der Waals surface area contributed by atoms with Crippen molar-refractivity contribution in [2.45, 2.75) is 12.8 Å². The molecule has 0 aliphatic carbocycles. The Morgan fingerprint density at radius 1 is 1.43 bits per heavy atom. The van der Waals surface area contributed by atoms with Gasteiger partial charge < -0.3 is 10.1 Å². The SMILES string of the molecule is COC(=O)CCCN(C)CC(=O)Nc1ccc(Br)cc1Cl. The van der Waals surface area contributed by atoms with E-state index >= 15 is 0 Å². The van der Waals surface area contributed by atoms with Crippen molar-refractivity contribution in [2.75, 3.05) is 32.6 Å². The van der Waals surface area contributed by atoms with E-state index in [0.717, 1.165) is 4.47 Å². The zero-order chi connectivity index (χ0) is 15.8. The van der Waals surface area contributed by atoms with Crippen LogP contribution in [0.1, 0.15) is 12.8 Å². The molecule has 116 valence electrons. The van der Waals surface area contributed by atoms with E-state index in [-0.39, 0.29) is 18.4 Å². The number of hydrogen-bond acceptors (Lipinski definition) is 4. The Hall–Kier alpha value is -1.11. The highest BCUT2D eigenvalue weighted by molar-refractivity contribution is 9.10. The lowest BCUT2D eigenvalue weighted by molar-refractivity contribution is -0.140. The fraction of sp³-hybridized carbons (Fsp3) is 0.429. The molecule has 0 saturated heterocycles. The van der Waals surface area contributed by atoms with Crippen LogP contribution < -0.4 is 5.32 Å². The number of hydrogen-bond donors (Lipinski definition) is 1. The topological polar surface area (TPSA) is 58.6 Å². The molecule has 0 fully saturated rings. The van der Waals surface area contributed by atoms with E-state index in [1.54, 1.807) is 12.1 Å². The first-order chi connectivity index (χ1) is 9.92. The highest BCUT2D eigenvalue weighted by Crippen LogP contribution is 2.25. The van der Waals surface area contributed by atoms with E-state index in [2.05, 4.69) is 26.0 Å². The van der Waals surface area contributed by atoms with Gasteiger partial charge in [0.2, 0.25) is 5.91 Å². The minimum Gasteiger partial charge on any atom is -0.469 e. The second-order valence-electron chi connectivity index (χ2n) is 4.59. The second-order valence-corrected chi connectivity index (χ2v) is 5.91. The van der Waals surface area contributed by atoms with Gasteiger partial charge in [-0.15, -0.1) is 0 Å². The van der Waals surface area contributed by atoms with Crippen LogP contribution in [0.3, 0.4) is 0 Å². The maximum atomic E-state index is 11.9. The van der Waals surface area contributed by atoms with Crippen LogP contribution in [0.15, 0.2) is 22.7 Å². The molecule has 21 heavy (non-hydrogen) atoms. The third kappa shape index (κ3) is 6.93. The van der Waals surface area contributed by atoms with E-state index in [1.807, 2.05) is 18.0 Å². The van der Waals surface area contributed by atoms with Crippen LogP contribution in [-0.4, -0.2) is 44.0 Å². The summed E-state index contributed by atoms with van der Waals surface area (Å²) in [6, 6.07) is 5.26. The molecule has 0 bridgehead atoms. The molecule has 0 aliphatic heterocycles. The Bertz CT molecular complexity index is 511. The van der Waals surface area contributed by atoms with Crippen LogP contribution in [0.4, 0.5) is 5.69 Å². The Morgan fingerprint density at radius 3 is 2.76 bits per heavy atom. The van der Waals surface area contributed by atoms with E-state index in [4.69, 9.17) is 11.6 Å². The molecule has 5 nitrogen and oxygen atoms in total. The number of rotatable bonds is 7. The number of benzene rings is 1. The standard InChI is InChI=1S/C14H18BrClN2O3/c1-18(7-3-4-14(20)21-2)9-13(19)17-12-6-5-10(15)8-11(12)16/h5-6,8H,3-4,7,9H2,1-2H3,(H,17,19). The molecule has 0 unspecified atom stereocenters. The van der Waals surface area contributed by atoms with Gasteiger partial charge in [0.1, 0.15) is 0 Å². The lowest BCUT2D eigenvalue weighted by atomic mass is 10.3. The Balaban J connectivity index is 2.37. The summed E-state index contributed by atoms with van der Waals surface area (Å²) in [5.41, 5.74) is 0.577. The number of nitrogens with zero attached hydrogens (tertiary/aromatic N) is 1. The number of halogens is 2. The van der Waals surface area contributed by atoms with Gasteiger partial charge in [-0.3, -0.25) is 14.5 Å². The summed E-state index contributed by atoms with van der Waals surface area (Å²) in [6.07, 6.45) is 0.997. The van der Waals surface area contributed by atoms with Gasteiger partial charge in [-0.2, -0.15) is 0 Å². The first-order valence-corrected chi connectivity index (χ1v) is 7.59. The first-order valence-electron chi connectivity index (χ1n) is 6.42.